The number of anilines is 1. The van der Waals surface area contributed by atoms with E-state index in [1.807, 2.05) is 25.2 Å². The molecule has 0 atom stereocenters. The number of benzene rings is 1. The first-order valence-electron chi connectivity index (χ1n) is 7.83. The number of nitrogens with zero attached hydrogens (tertiary/aromatic N) is 2. The summed E-state index contributed by atoms with van der Waals surface area (Å²) in [5.41, 5.74) is 1.28. The fraction of sp³-hybridized carbons (Fsp3) is 0.389. The highest BCUT2D eigenvalue weighted by atomic mass is 35.5. The Morgan fingerprint density at radius 2 is 2.00 bits per heavy atom. The molecule has 1 aliphatic rings. The predicted molar refractivity (Wildman–Crippen MR) is 91.3 cm³/mol. The summed E-state index contributed by atoms with van der Waals surface area (Å²) in [6, 6.07) is 10.3. The normalized spacial score (nSPS) is 16.5. The van der Waals surface area contributed by atoms with E-state index >= 15 is 0 Å². The van der Waals surface area contributed by atoms with Crippen LogP contribution in [-0.2, 0) is 0 Å². The molecule has 5 heteroatoms. The van der Waals surface area contributed by atoms with Gasteiger partial charge in [-0.25, -0.2) is 9.37 Å². The highest BCUT2D eigenvalue weighted by molar-refractivity contribution is 6.31. The van der Waals surface area contributed by atoms with Crippen molar-refractivity contribution in [1.29, 1.82) is 0 Å². The molecule has 0 radical (unpaired) electrons. The van der Waals surface area contributed by atoms with Crippen LogP contribution < -0.4 is 4.90 Å². The summed E-state index contributed by atoms with van der Waals surface area (Å²) in [6.45, 7) is 0.123. The van der Waals surface area contributed by atoms with Crippen molar-refractivity contribution in [3.63, 3.8) is 0 Å². The number of likely N-dealkylation sites (N-methyl/N-ethyl adjacent to an activating group) is 1. The van der Waals surface area contributed by atoms with Gasteiger partial charge in [0.15, 0.2) is 0 Å². The molecule has 1 aromatic carbocycles. The van der Waals surface area contributed by atoms with Crippen LogP contribution in [0.4, 0.5) is 10.2 Å². The highest BCUT2D eigenvalue weighted by Crippen LogP contribution is 2.37. The zero-order valence-corrected chi connectivity index (χ0v) is 13.9. The smallest absolute Gasteiger partial charge is 0.141 e. The maximum Gasteiger partial charge on any atom is 0.141 e. The first kappa shape index (κ1) is 16.2. The highest BCUT2D eigenvalue weighted by Gasteiger charge is 2.37. The molecule has 1 aliphatic carbocycles. The van der Waals surface area contributed by atoms with Gasteiger partial charge in [0.05, 0.1) is 22.9 Å². The van der Waals surface area contributed by atoms with Crippen LogP contribution in [0, 0.1) is 5.82 Å². The Hall–Kier alpha value is -1.65. The van der Waals surface area contributed by atoms with Crippen molar-refractivity contribution in [2.45, 2.75) is 31.2 Å². The molecule has 23 heavy (non-hydrogen) atoms. The number of hydrogen-bond donors (Lipinski definition) is 1. The van der Waals surface area contributed by atoms with E-state index < -0.39 is 5.82 Å². The summed E-state index contributed by atoms with van der Waals surface area (Å²) in [6.07, 6.45) is 4.18. The third-order valence-corrected chi connectivity index (χ3v) is 5.12. The predicted octanol–water partition coefficient (Wildman–Crippen LogP) is 4.28. The van der Waals surface area contributed by atoms with Crippen LogP contribution in [-0.4, -0.2) is 29.3 Å². The van der Waals surface area contributed by atoms with E-state index in [-0.39, 0.29) is 17.2 Å². The molecule has 0 bridgehead atoms. The molecule has 3 nitrogen and oxygen atoms in total. The largest absolute Gasteiger partial charge is 0.394 e. The lowest BCUT2D eigenvalue weighted by Crippen LogP contribution is -2.48. The van der Waals surface area contributed by atoms with Crippen molar-refractivity contribution in [2.75, 3.05) is 18.6 Å². The van der Waals surface area contributed by atoms with Gasteiger partial charge in [-0.15, -0.1) is 0 Å². The van der Waals surface area contributed by atoms with Crippen LogP contribution >= 0.6 is 11.6 Å². The number of pyridine rings is 1. The zero-order chi connectivity index (χ0) is 16.4. The van der Waals surface area contributed by atoms with E-state index in [0.717, 1.165) is 42.8 Å². The van der Waals surface area contributed by atoms with E-state index in [4.69, 9.17) is 11.6 Å². The molecule has 0 saturated heterocycles. The van der Waals surface area contributed by atoms with Crippen molar-refractivity contribution >= 4 is 17.4 Å². The van der Waals surface area contributed by atoms with Gasteiger partial charge in [0.2, 0.25) is 0 Å². The Balaban J connectivity index is 1.94. The summed E-state index contributed by atoms with van der Waals surface area (Å²) < 4.78 is 13.3. The fourth-order valence-corrected chi connectivity index (χ4v) is 3.48. The van der Waals surface area contributed by atoms with Crippen LogP contribution in [0.3, 0.4) is 0 Å². The SMILES string of the molecule is CN(c1cccc(-c2ccc(F)c(Cl)c2)n1)C1(CO)CCCC1. The molecule has 1 fully saturated rings. The monoisotopic (exact) mass is 334 g/mol. The number of aliphatic hydroxyl groups is 1. The second-order valence-corrected chi connectivity index (χ2v) is 6.57. The van der Waals surface area contributed by atoms with Gasteiger partial charge in [-0.1, -0.05) is 30.5 Å². The van der Waals surface area contributed by atoms with E-state index in [9.17, 15) is 9.50 Å². The van der Waals surface area contributed by atoms with Crippen molar-refractivity contribution in [3.8, 4) is 11.3 Å². The van der Waals surface area contributed by atoms with E-state index in [2.05, 4.69) is 9.88 Å². The molecule has 1 saturated carbocycles. The van der Waals surface area contributed by atoms with Crippen molar-refractivity contribution < 1.29 is 9.50 Å². The summed E-state index contributed by atoms with van der Waals surface area (Å²) in [5.74, 6) is 0.368. The lowest BCUT2D eigenvalue weighted by atomic mass is 9.96. The van der Waals surface area contributed by atoms with Crippen molar-refractivity contribution in [2.24, 2.45) is 0 Å². The molecular formula is C18H20ClFN2O. The number of aromatic nitrogens is 1. The lowest BCUT2D eigenvalue weighted by Gasteiger charge is -2.38. The van der Waals surface area contributed by atoms with Crippen LogP contribution in [0.2, 0.25) is 5.02 Å². The number of hydrogen-bond acceptors (Lipinski definition) is 3. The van der Waals surface area contributed by atoms with E-state index in [1.165, 1.54) is 6.07 Å². The van der Waals surface area contributed by atoms with E-state index in [1.54, 1.807) is 12.1 Å². The Kier molecular flexibility index (Phi) is 4.55. The van der Waals surface area contributed by atoms with Gasteiger partial charge in [-0.05, 0) is 43.2 Å². The molecule has 2 aromatic rings. The summed E-state index contributed by atoms with van der Waals surface area (Å²) in [5, 5.41) is 9.96. The van der Waals surface area contributed by atoms with Crippen molar-refractivity contribution in [3.05, 3.63) is 47.2 Å². The second kappa shape index (κ2) is 6.46. The van der Waals surface area contributed by atoms with Gasteiger partial charge in [0, 0.05) is 12.6 Å². The molecule has 1 aromatic heterocycles. The minimum atomic E-state index is -0.436. The quantitative estimate of drug-likeness (QED) is 0.906. The third-order valence-electron chi connectivity index (χ3n) is 4.83. The van der Waals surface area contributed by atoms with Gasteiger partial charge < -0.3 is 10.0 Å². The Bertz CT molecular complexity index is 701. The lowest BCUT2D eigenvalue weighted by molar-refractivity contribution is 0.193. The first-order chi connectivity index (χ1) is 11.1. The topological polar surface area (TPSA) is 36.4 Å². The van der Waals surface area contributed by atoms with E-state index in [0.29, 0.717) is 0 Å². The molecule has 1 N–H and O–H groups in total. The molecule has 122 valence electrons. The maximum atomic E-state index is 13.3. The van der Waals surface area contributed by atoms with Crippen molar-refractivity contribution in [1.82, 2.24) is 4.98 Å². The molecule has 0 spiro atoms. The van der Waals surface area contributed by atoms with Crippen LogP contribution in [0.5, 0.6) is 0 Å². The Morgan fingerprint density at radius 3 is 2.65 bits per heavy atom. The molecule has 0 aliphatic heterocycles. The van der Waals surface area contributed by atoms with Gasteiger partial charge in [0.25, 0.3) is 0 Å². The van der Waals surface area contributed by atoms with Gasteiger partial charge in [0.1, 0.15) is 11.6 Å². The average molecular weight is 335 g/mol. The summed E-state index contributed by atoms with van der Waals surface area (Å²) >= 11 is 5.87. The molecule has 0 unspecified atom stereocenters. The Morgan fingerprint density at radius 1 is 1.26 bits per heavy atom. The standard InChI is InChI=1S/C18H20ClFN2O/c1-22(18(12-23)9-2-3-10-18)17-6-4-5-16(21-17)13-7-8-15(20)14(19)11-13/h4-8,11,23H,2-3,9-10,12H2,1H3. The maximum absolute atomic E-state index is 13.3. The zero-order valence-electron chi connectivity index (χ0n) is 13.1. The second-order valence-electron chi connectivity index (χ2n) is 6.16. The molecule has 0 amide bonds. The number of rotatable bonds is 4. The van der Waals surface area contributed by atoms with Crippen LogP contribution in [0.25, 0.3) is 11.3 Å². The van der Waals surface area contributed by atoms with Gasteiger partial charge in [-0.3, -0.25) is 0 Å². The Labute approximate surface area is 140 Å². The van der Waals surface area contributed by atoms with Crippen LogP contribution in [0.15, 0.2) is 36.4 Å². The average Bonchev–Trinajstić information content (AvgIpc) is 3.07. The number of aliphatic hydroxyl groups excluding tert-OH is 1. The van der Waals surface area contributed by atoms with Crippen LogP contribution in [0.1, 0.15) is 25.7 Å². The molecular weight excluding hydrogens is 315 g/mol. The number of halogens is 2. The minimum Gasteiger partial charge on any atom is -0.394 e. The summed E-state index contributed by atoms with van der Waals surface area (Å²) in [7, 11) is 1.98. The molecule has 1 heterocycles. The minimum absolute atomic E-state index is 0.0886. The fourth-order valence-electron chi connectivity index (χ4n) is 3.30. The van der Waals surface area contributed by atoms with Gasteiger partial charge >= 0.3 is 0 Å². The third kappa shape index (κ3) is 3.06. The molecule has 3 rings (SSSR count). The first-order valence-corrected chi connectivity index (χ1v) is 8.21. The van der Waals surface area contributed by atoms with Gasteiger partial charge in [-0.2, -0.15) is 0 Å². The summed E-state index contributed by atoms with van der Waals surface area (Å²) in [4.78, 5) is 6.76.